The Kier molecular flexibility index (Phi) is 7.25. The lowest BCUT2D eigenvalue weighted by Crippen LogP contribution is -2.40. The van der Waals surface area contributed by atoms with Crippen molar-refractivity contribution in [2.75, 3.05) is 20.3 Å². The van der Waals surface area contributed by atoms with Gasteiger partial charge in [0.05, 0.1) is 13.2 Å². The van der Waals surface area contributed by atoms with Gasteiger partial charge in [-0.3, -0.25) is 4.79 Å². The zero-order valence-corrected chi connectivity index (χ0v) is 12.2. The van der Waals surface area contributed by atoms with Crippen LogP contribution in [0.2, 0.25) is 0 Å². The zero-order valence-electron chi connectivity index (χ0n) is 12.2. The Balaban J connectivity index is 2.26. The summed E-state index contributed by atoms with van der Waals surface area (Å²) in [5.74, 6) is -0.816. The van der Waals surface area contributed by atoms with E-state index in [1.807, 2.05) is 30.3 Å². The Hall–Kier alpha value is -2.08. The molecule has 116 valence electrons. The highest BCUT2D eigenvalue weighted by Gasteiger charge is 2.19. The van der Waals surface area contributed by atoms with Crippen LogP contribution in [0.25, 0.3) is 0 Å². The van der Waals surface area contributed by atoms with Crippen LogP contribution in [0, 0.1) is 5.92 Å². The molecule has 0 aliphatic rings. The van der Waals surface area contributed by atoms with Gasteiger partial charge in [0.15, 0.2) is 6.10 Å². The summed E-state index contributed by atoms with van der Waals surface area (Å²) in [4.78, 5) is 22.6. The molecule has 2 N–H and O–H groups in total. The van der Waals surface area contributed by atoms with Crippen molar-refractivity contribution in [3.8, 4) is 5.75 Å². The van der Waals surface area contributed by atoms with Gasteiger partial charge in [0, 0.05) is 13.0 Å². The predicted octanol–water partition coefficient (Wildman–Crippen LogP) is 1.31. The second kappa shape index (κ2) is 8.97. The number of hydrogen-bond donors (Lipinski definition) is 2. The Morgan fingerprint density at radius 1 is 1.29 bits per heavy atom. The molecule has 0 saturated carbocycles. The summed E-state index contributed by atoms with van der Waals surface area (Å²) in [5.41, 5.74) is 0. The van der Waals surface area contributed by atoms with Gasteiger partial charge in [-0.15, -0.1) is 0 Å². The number of benzene rings is 1. The molecule has 0 heterocycles. The molecule has 0 spiro atoms. The Labute approximate surface area is 124 Å². The summed E-state index contributed by atoms with van der Waals surface area (Å²) >= 11 is 0. The van der Waals surface area contributed by atoms with Crippen LogP contribution in [0.5, 0.6) is 5.75 Å². The topological polar surface area (TPSA) is 84.9 Å². The summed E-state index contributed by atoms with van der Waals surface area (Å²) in [6.07, 6.45) is -0.479. The molecular formula is C15H21NO5. The highest BCUT2D eigenvalue weighted by atomic mass is 16.5. The van der Waals surface area contributed by atoms with Gasteiger partial charge >= 0.3 is 5.97 Å². The van der Waals surface area contributed by atoms with Crippen molar-refractivity contribution < 1.29 is 24.2 Å². The summed E-state index contributed by atoms with van der Waals surface area (Å²) in [7, 11) is 1.29. The molecule has 1 amide bonds. The van der Waals surface area contributed by atoms with Gasteiger partial charge in [-0.2, -0.15) is 0 Å². The molecule has 6 nitrogen and oxygen atoms in total. The Morgan fingerprint density at radius 2 is 1.95 bits per heavy atom. The van der Waals surface area contributed by atoms with E-state index in [9.17, 15) is 9.59 Å². The standard InChI is InChI=1S/C15H21NO5/c1-11(8-9-21-12-6-4-3-5-7-12)14(17)16-10-13(20-2)15(18)19/h3-7,11,13H,8-10H2,1-2H3,(H,16,17)(H,18,19). The quantitative estimate of drug-likeness (QED) is 0.717. The smallest absolute Gasteiger partial charge is 0.334 e. The molecule has 0 saturated heterocycles. The number of carboxylic acids is 1. The second-order valence-electron chi connectivity index (χ2n) is 4.66. The number of hydrogen-bond acceptors (Lipinski definition) is 4. The van der Waals surface area contributed by atoms with Crippen LogP contribution in [0.1, 0.15) is 13.3 Å². The number of methoxy groups -OCH3 is 1. The average Bonchev–Trinajstić information content (AvgIpc) is 2.48. The summed E-state index contributed by atoms with van der Waals surface area (Å²) in [5, 5.41) is 11.4. The zero-order chi connectivity index (χ0) is 15.7. The number of carbonyl (C=O) groups is 2. The number of carbonyl (C=O) groups excluding carboxylic acids is 1. The molecule has 21 heavy (non-hydrogen) atoms. The minimum atomic E-state index is -1.10. The lowest BCUT2D eigenvalue weighted by atomic mass is 10.1. The maximum absolute atomic E-state index is 11.8. The Bertz CT molecular complexity index is 449. The van der Waals surface area contributed by atoms with E-state index in [0.717, 1.165) is 5.75 Å². The summed E-state index contributed by atoms with van der Waals surface area (Å²) in [6.45, 7) is 2.14. The molecule has 1 rings (SSSR count). The van der Waals surface area contributed by atoms with E-state index in [4.69, 9.17) is 14.6 Å². The number of amides is 1. The predicted molar refractivity (Wildman–Crippen MR) is 77.2 cm³/mol. The van der Waals surface area contributed by atoms with E-state index in [-0.39, 0.29) is 18.4 Å². The fourth-order valence-corrected chi connectivity index (χ4v) is 1.64. The first-order valence-corrected chi connectivity index (χ1v) is 6.75. The SMILES string of the molecule is COC(CNC(=O)C(C)CCOc1ccccc1)C(=O)O. The molecule has 0 radical (unpaired) electrons. The van der Waals surface area contributed by atoms with Gasteiger partial charge in [-0.25, -0.2) is 4.79 Å². The molecule has 1 aromatic rings. The number of carboxylic acid groups (broad SMARTS) is 1. The van der Waals surface area contributed by atoms with Crippen LogP contribution >= 0.6 is 0 Å². The van der Waals surface area contributed by atoms with Crippen molar-refractivity contribution in [2.24, 2.45) is 5.92 Å². The van der Waals surface area contributed by atoms with Crippen LogP contribution in [0.4, 0.5) is 0 Å². The number of para-hydroxylation sites is 1. The monoisotopic (exact) mass is 295 g/mol. The molecule has 0 fully saturated rings. The van der Waals surface area contributed by atoms with E-state index in [1.54, 1.807) is 6.92 Å². The molecule has 2 atom stereocenters. The van der Waals surface area contributed by atoms with Crippen LogP contribution in [-0.4, -0.2) is 43.3 Å². The van der Waals surface area contributed by atoms with Crippen molar-refractivity contribution in [1.29, 1.82) is 0 Å². The van der Waals surface area contributed by atoms with Crippen molar-refractivity contribution in [1.82, 2.24) is 5.32 Å². The van der Waals surface area contributed by atoms with Crippen LogP contribution < -0.4 is 10.1 Å². The fraction of sp³-hybridized carbons (Fsp3) is 0.467. The van der Waals surface area contributed by atoms with Gasteiger partial charge < -0.3 is 19.9 Å². The average molecular weight is 295 g/mol. The lowest BCUT2D eigenvalue weighted by Gasteiger charge is -2.15. The normalized spacial score (nSPS) is 13.2. The molecule has 6 heteroatoms. The third-order valence-corrected chi connectivity index (χ3v) is 3.03. The molecule has 0 bridgehead atoms. The van der Waals surface area contributed by atoms with Gasteiger partial charge in [0.1, 0.15) is 5.75 Å². The molecule has 0 aliphatic heterocycles. The number of nitrogens with one attached hydrogen (secondary N) is 1. The molecule has 1 aromatic carbocycles. The maximum atomic E-state index is 11.8. The minimum absolute atomic E-state index is 0.0471. The van der Waals surface area contributed by atoms with Gasteiger partial charge in [0.2, 0.25) is 5.91 Å². The molecular weight excluding hydrogens is 274 g/mol. The van der Waals surface area contributed by atoms with Gasteiger partial charge in [0.25, 0.3) is 0 Å². The highest BCUT2D eigenvalue weighted by molar-refractivity contribution is 5.79. The van der Waals surface area contributed by atoms with Crippen molar-refractivity contribution in [3.63, 3.8) is 0 Å². The van der Waals surface area contributed by atoms with Crippen LogP contribution in [0.15, 0.2) is 30.3 Å². The van der Waals surface area contributed by atoms with Crippen LogP contribution in [0.3, 0.4) is 0 Å². The fourth-order valence-electron chi connectivity index (χ4n) is 1.64. The number of ether oxygens (including phenoxy) is 2. The lowest BCUT2D eigenvalue weighted by molar-refractivity contribution is -0.148. The second-order valence-corrected chi connectivity index (χ2v) is 4.66. The first kappa shape index (κ1) is 17.0. The van der Waals surface area contributed by atoms with E-state index < -0.39 is 12.1 Å². The van der Waals surface area contributed by atoms with E-state index >= 15 is 0 Å². The van der Waals surface area contributed by atoms with E-state index in [1.165, 1.54) is 7.11 Å². The number of rotatable bonds is 9. The molecule has 0 aliphatic carbocycles. The largest absolute Gasteiger partial charge is 0.494 e. The maximum Gasteiger partial charge on any atom is 0.334 e. The Morgan fingerprint density at radius 3 is 2.52 bits per heavy atom. The molecule has 0 aromatic heterocycles. The van der Waals surface area contributed by atoms with Crippen molar-refractivity contribution in [2.45, 2.75) is 19.4 Å². The first-order valence-electron chi connectivity index (χ1n) is 6.75. The minimum Gasteiger partial charge on any atom is -0.494 e. The van der Waals surface area contributed by atoms with E-state index in [0.29, 0.717) is 13.0 Å². The summed E-state index contributed by atoms with van der Waals surface area (Å²) < 4.78 is 10.3. The highest BCUT2D eigenvalue weighted by Crippen LogP contribution is 2.10. The van der Waals surface area contributed by atoms with Crippen molar-refractivity contribution in [3.05, 3.63) is 30.3 Å². The van der Waals surface area contributed by atoms with Gasteiger partial charge in [-0.05, 0) is 18.6 Å². The van der Waals surface area contributed by atoms with Crippen LogP contribution in [-0.2, 0) is 14.3 Å². The van der Waals surface area contributed by atoms with E-state index in [2.05, 4.69) is 5.32 Å². The first-order chi connectivity index (χ1) is 10.0. The van der Waals surface area contributed by atoms with Gasteiger partial charge in [-0.1, -0.05) is 25.1 Å². The third kappa shape index (κ3) is 6.27. The molecule has 2 unspecified atom stereocenters. The number of aliphatic carboxylic acids is 1. The van der Waals surface area contributed by atoms with Crippen molar-refractivity contribution >= 4 is 11.9 Å². The summed E-state index contributed by atoms with van der Waals surface area (Å²) in [6, 6.07) is 9.35. The third-order valence-electron chi connectivity index (χ3n) is 3.03.